The Bertz CT molecular complexity index is 1830. The fourth-order valence-corrected chi connectivity index (χ4v) is 7.44. The number of ether oxygens (including phenoxy) is 1. The minimum Gasteiger partial charge on any atom is -0.477 e. The lowest BCUT2D eigenvalue weighted by molar-refractivity contribution is -0.190. The van der Waals surface area contributed by atoms with E-state index in [1.807, 2.05) is 18.6 Å². The van der Waals surface area contributed by atoms with E-state index in [4.69, 9.17) is 16.3 Å². The van der Waals surface area contributed by atoms with Gasteiger partial charge >= 0.3 is 12.3 Å². The van der Waals surface area contributed by atoms with E-state index in [-0.39, 0.29) is 65.0 Å². The summed E-state index contributed by atoms with van der Waals surface area (Å²) in [7, 11) is -4.43. The van der Waals surface area contributed by atoms with Crippen LogP contribution < -0.4 is 14.8 Å². The number of rotatable bonds is 13. The lowest BCUT2D eigenvalue weighted by Gasteiger charge is -2.28. The molecule has 0 aromatic carbocycles. The maximum absolute atomic E-state index is 13.2. The van der Waals surface area contributed by atoms with Crippen LogP contribution in [0.1, 0.15) is 68.3 Å². The number of nitrogens with zero attached hydrogens (tertiary/aromatic N) is 5. The van der Waals surface area contributed by atoms with Gasteiger partial charge in [-0.25, -0.2) is 24.2 Å². The van der Waals surface area contributed by atoms with Crippen molar-refractivity contribution >= 4 is 39.4 Å². The Hall–Kier alpha value is -4.12. The predicted molar refractivity (Wildman–Crippen MR) is 172 cm³/mol. The lowest BCUT2D eigenvalue weighted by atomic mass is 9.93. The molecule has 2 amide bonds. The average molecular weight is 728 g/mol. The van der Waals surface area contributed by atoms with E-state index in [0.29, 0.717) is 25.1 Å². The summed E-state index contributed by atoms with van der Waals surface area (Å²) in [6.07, 6.45) is -1.53. The molecule has 3 aromatic heterocycles. The zero-order chi connectivity index (χ0) is 35.8. The van der Waals surface area contributed by atoms with Crippen molar-refractivity contribution in [3.63, 3.8) is 0 Å². The third kappa shape index (κ3) is 8.20. The summed E-state index contributed by atoms with van der Waals surface area (Å²) in [5.41, 5.74) is -2.05. The van der Waals surface area contributed by atoms with Gasteiger partial charge in [0.2, 0.25) is 5.88 Å². The molecule has 1 saturated heterocycles. The molecule has 18 heteroatoms. The third-order valence-corrected chi connectivity index (χ3v) is 10.6. The Morgan fingerprint density at radius 2 is 1.88 bits per heavy atom. The molecule has 3 N–H and O–H groups in total. The average Bonchev–Trinajstić information content (AvgIpc) is 3.55. The minimum absolute atomic E-state index is 0.0772. The molecule has 2 fully saturated rings. The number of aromatic nitrogens is 4. The van der Waals surface area contributed by atoms with Crippen LogP contribution >= 0.6 is 11.6 Å². The third-order valence-electron chi connectivity index (χ3n) is 8.98. The van der Waals surface area contributed by atoms with Gasteiger partial charge in [0.25, 0.3) is 15.9 Å². The number of aryl methyl sites for hydroxylation is 1. The van der Waals surface area contributed by atoms with Crippen molar-refractivity contribution in [3.8, 4) is 11.7 Å². The van der Waals surface area contributed by atoms with Crippen molar-refractivity contribution in [1.29, 1.82) is 0 Å². The van der Waals surface area contributed by atoms with E-state index in [9.17, 15) is 36.3 Å². The van der Waals surface area contributed by atoms with Crippen LogP contribution in [0.25, 0.3) is 5.82 Å². The molecule has 1 aliphatic carbocycles. The van der Waals surface area contributed by atoms with Gasteiger partial charge in [0.05, 0.1) is 17.6 Å². The smallest absolute Gasteiger partial charge is 0.407 e. The highest BCUT2D eigenvalue weighted by atomic mass is 35.5. The topological polar surface area (TPSA) is 169 Å². The molecule has 1 saturated carbocycles. The van der Waals surface area contributed by atoms with E-state index in [0.717, 1.165) is 12.8 Å². The second kappa shape index (κ2) is 13.7. The second-order valence-electron chi connectivity index (χ2n) is 13.1. The lowest BCUT2D eigenvalue weighted by Crippen LogP contribution is -2.41. The number of likely N-dealkylation sites (tertiary alicyclic amines) is 1. The summed E-state index contributed by atoms with van der Waals surface area (Å²) >= 11 is 6.25. The van der Waals surface area contributed by atoms with Crippen LogP contribution in [0.4, 0.5) is 23.8 Å². The molecule has 1 aliphatic heterocycles. The first-order chi connectivity index (χ1) is 22.9. The number of amides is 2. The molecular formula is C31H37ClF3N7O6S. The number of hydrogen-bond acceptors (Lipinski definition) is 9. The Morgan fingerprint density at radius 1 is 1.14 bits per heavy atom. The molecule has 13 nitrogen and oxygen atoms in total. The first kappa shape index (κ1) is 36.2. The highest BCUT2D eigenvalue weighted by molar-refractivity contribution is 7.90. The Morgan fingerprint density at radius 3 is 2.51 bits per heavy atom. The number of carbonyl (C=O) groups excluding carboxylic acids is 1. The molecule has 4 heterocycles. The maximum Gasteiger partial charge on any atom is 0.407 e. The van der Waals surface area contributed by atoms with Gasteiger partial charge in [0.1, 0.15) is 11.0 Å². The number of anilines is 1. The van der Waals surface area contributed by atoms with E-state index in [1.165, 1.54) is 40.9 Å². The van der Waals surface area contributed by atoms with Crippen LogP contribution in [0.2, 0.25) is 5.15 Å². The number of carbonyl (C=O) groups is 2. The SMILES string of the molecule is Cc1ccc(NCCCC2CN(C(=O)O)C(C)(C)C2)nc1S(=O)(=O)NC(=O)c1ccc(-n2ccc(OCCC3(C(F)(F)F)CC3)n2)nc1Cl. The molecule has 0 bridgehead atoms. The number of nitrogens with one attached hydrogen (secondary N) is 2. The van der Waals surface area contributed by atoms with Gasteiger partial charge in [-0.2, -0.15) is 21.6 Å². The first-order valence-corrected chi connectivity index (χ1v) is 17.5. The van der Waals surface area contributed by atoms with Crippen LogP contribution in [0, 0.1) is 18.3 Å². The van der Waals surface area contributed by atoms with Crippen LogP contribution in [0.15, 0.2) is 41.6 Å². The molecule has 1 atom stereocenters. The first-order valence-electron chi connectivity index (χ1n) is 15.6. The van der Waals surface area contributed by atoms with Gasteiger partial charge in [-0.1, -0.05) is 17.7 Å². The summed E-state index contributed by atoms with van der Waals surface area (Å²) in [6.45, 7) is 6.12. The molecule has 49 heavy (non-hydrogen) atoms. The zero-order valence-electron chi connectivity index (χ0n) is 27.1. The maximum atomic E-state index is 13.2. The molecule has 266 valence electrons. The summed E-state index contributed by atoms with van der Waals surface area (Å²) in [5, 5.41) is 16.0. The number of halogens is 4. The van der Waals surface area contributed by atoms with Crippen LogP contribution in [0.5, 0.6) is 5.88 Å². The summed E-state index contributed by atoms with van der Waals surface area (Å²) < 4.78 is 74.5. The van der Waals surface area contributed by atoms with E-state index in [2.05, 4.69) is 20.4 Å². The fourth-order valence-electron chi connectivity index (χ4n) is 6.04. The monoisotopic (exact) mass is 727 g/mol. The van der Waals surface area contributed by atoms with Gasteiger partial charge in [-0.15, -0.1) is 5.10 Å². The molecule has 1 unspecified atom stereocenters. The fraction of sp³-hybridized carbons (Fsp3) is 0.516. The second-order valence-corrected chi connectivity index (χ2v) is 15.0. The summed E-state index contributed by atoms with van der Waals surface area (Å²) in [5.74, 6) is -0.308. The number of alkyl halides is 3. The van der Waals surface area contributed by atoms with Gasteiger partial charge < -0.3 is 20.1 Å². The molecule has 0 spiro atoms. The van der Waals surface area contributed by atoms with Crippen LogP contribution in [-0.4, -0.2) is 81.6 Å². The van der Waals surface area contributed by atoms with Gasteiger partial charge in [0.15, 0.2) is 10.8 Å². The van der Waals surface area contributed by atoms with Gasteiger partial charge in [-0.05, 0) is 89.0 Å². The quantitative estimate of drug-likeness (QED) is 0.144. The van der Waals surface area contributed by atoms with Crippen molar-refractivity contribution in [2.45, 2.75) is 76.0 Å². The number of sulfonamides is 1. The van der Waals surface area contributed by atoms with Crippen molar-refractivity contribution in [1.82, 2.24) is 29.4 Å². The number of hydrogen-bond donors (Lipinski definition) is 3. The largest absolute Gasteiger partial charge is 0.477 e. The van der Waals surface area contributed by atoms with Gasteiger partial charge in [-0.3, -0.25) is 4.79 Å². The standard InChI is InChI=1S/C31H37ClF3N7O6S/c1-19-6-8-22(36-14-4-5-20-17-29(2,3)41(18-20)28(44)45)37-27(19)49(46,47)40-26(43)21-7-9-23(38-25(21)32)42-15-10-24(39-42)48-16-13-30(11-12-30)31(33,34)35/h6-10,15,20H,4-5,11-14,16-18H2,1-3H3,(H,36,37)(H,40,43)(H,44,45). The molecule has 0 radical (unpaired) electrons. The van der Waals surface area contributed by atoms with Crippen molar-refractivity contribution in [3.05, 3.63) is 52.8 Å². The highest BCUT2D eigenvalue weighted by Crippen LogP contribution is 2.59. The highest BCUT2D eigenvalue weighted by Gasteiger charge is 2.62. The number of carboxylic acid groups (broad SMARTS) is 1. The van der Waals surface area contributed by atoms with Crippen molar-refractivity contribution < 1.29 is 41.0 Å². The van der Waals surface area contributed by atoms with E-state index < -0.39 is 39.2 Å². The zero-order valence-corrected chi connectivity index (χ0v) is 28.6. The van der Waals surface area contributed by atoms with Crippen molar-refractivity contribution in [2.24, 2.45) is 11.3 Å². The normalized spacial score (nSPS) is 18.3. The molecule has 2 aliphatic rings. The molecular weight excluding hydrogens is 691 g/mol. The van der Waals surface area contributed by atoms with Crippen molar-refractivity contribution in [2.75, 3.05) is 25.0 Å². The Balaban J connectivity index is 1.16. The van der Waals surface area contributed by atoms with Crippen LogP contribution in [-0.2, 0) is 10.0 Å². The molecule has 5 rings (SSSR count). The van der Waals surface area contributed by atoms with E-state index >= 15 is 0 Å². The van der Waals surface area contributed by atoms with Gasteiger partial charge in [0, 0.05) is 30.9 Å². The van der Waals surface area contributed by atoms with Crippen LogP contribution in [0.3, 0.4) is 0 Å². The number of pyridine rings is 2. The predicted octanol–water partition coefficient (Wildman–Crippen LogP) is 5.82. The summed E-state index contributed by atoms with van der Waals surface area (Å²) in [6, 6.07) is 7.26. The Kier molecular flexibility index (Phi) is 10.1. The summed E-state index contributed by atoms with van der Waals surface area (Å²) in [4.78, 5) is 34.3. The molecule has 3 aromatic rings. The minimum atomic E-state index is -4.43. The van der Waals surface area contributed by atoms with E-state index in [1.54, 1.807) is 12.1 Å². The Labute approximate surface area is 286 Å².